The summed E-state index contributed by atoms with van der Waals surface area (Å²) >= 11 is 0. The molecule has 0 aliphatic carbocycles. The molecular formula is C23H24F2N4O4. The molecule has 0 saturated carbocycles. The first-order valence-corrected chi connectivity index (χ1v) is 10.5. The Balaban J connectivity index is 1.54. The number of aromatic nitrogens is 2. The smallest absolute Gasteiger partial charge is 0.251 e. The first kappa shape index (κ1) is 22.7. The van der Waals surface area contributed by atoms with Crippen molar-refractivity contribution in [3.05, 3.63) is 42.7 Å². The summed E-state index contributed by atoms with van der Waals surface area (Å²) in [6.07, 6.45) is 0.853. The molecule has 0 bridgehead atoms. The average Bonchev–Trinajstić information content (AvgIpc) is 2.80. The maximum Gasteiger partial charge on any atom is 0.251 e. The average molecular weight is 458 g/mol. The van der Waals surface area contributed by atoms with Gasteiger partial charge in [0.1, 0.15) is 18.2 Å². The molecule has 1 saturated heterocycles. The Hall–Kier alpha value is -3.53. The quantitative estimate of drug-likeness (QED) is 0.483. The Morgan fingerprint density at radius 3 is 2.73 bits per heavy atom. The van der Waals surface area contributed by atoms with Crippen molar-refractivity contribution in [1.29, 1.82) is 0 Å². The fourth-order valence-corrected chi connectivity index (χ4v) is 3.79. The minimum absolute atomic E-state index is 0.101. The van der Waals surface area contributed by atoms with Crippen molar-refractivity contribution < 1.29 is 27.8 Å². The van der Waals surface area contributed by atoms with E-state index in [9.17, 15) is 13.6 Å². The van der Waals surface area contributed by atoms with E-state index in [0.29, 0.717) is 72.1 Å². The molecule has 0 radical (unpaired) electrons. The number of ether oxygens (including phenoxy) is 3. The van der Waals surface area contributed by atoms with Crippen molar-refractivity contribution in [3.63, 3.8) is 0 Å². The molecule has 174 valence electrons. The molecule has 0 spiro atoms. The zero-order valence-electron chi connectivity index (χ0n) is 18.0. The van der Waals surface area contributed by atoms with Crippen molar-refractivity contribution >= 4 is 23.0 Å². The van der Waals surface area contributed by atoms with Gasteiger partial charge < -0.3 is 19.5 Å². The number of hydrogen-bond donors (Lipinski definition) is 1. The van der Waals surface area contributed by atoms with Crippen molar-refractivity contribution in [2.45, 2.75) is 25.4 Å². The molecule has 2 heterocycles. The number of alkyl halides is 2. The van der Waals surface area contributed by atoms with Gasteiger partial charge in [0.05, 0.1) is 24.6 Å². The first-order chi connectivity index (χ1) is 16.1. The van der Waals surface area contributed by atoms with Crippen molar-refractivity contribution in [2.24, 2.45) is 0 Å². The fraction of sp³-hybridized carbons (Fsp3) is 0.348. The minimum atomic E-state index is -2.33. The van der Waals surface area contributed by atoms with Crippen LogP contribution in [0.15, 0.2) is 42.7 Å². The van der Waals surface area contributed by atoms with E-state index in [1.54, 1.807) is 41.3 Å². The number of piperidine rings is 1. The second-order valence-electron chi connectivity index (χ2n) is 7.60. The summed E-state index contributed by atoms with van der Waals surface area (Å²) in [7, 11) is 1.54. The number of anilines is 1. The number of nitrogens with zero attached hydrogens (tertiary/aromatic N) is 3. The maximum absolute atomic E-state index is 12.6. The van der Waals surface area contributed by atoms with Crippen molar-refractivity contribution in [2.75, 3.05) is 32.1 Å². The summed E-state index contributed by atoms with van der Waals surface area (Å²) in [4.78, 5) is 21.0. The molecule has 1 amide bonds. The lowest BCUT2D eigenvalue weighted by molar-refractivity contribution is -0.105. The van der Waals surface area contributed by atoms with Crippen LogP contribution < -0.4 is 19.5 Å². The number of amides is 1. The van der Waals surface area contributed by atoms with Gasteiger partial charge in [-0.15, -0.1) is 0 Å². The predicted molar refractivity (Wildman–Crippen MR) is 118 cm³/mol. The number of rotatable bonds is 9. The normalized spacial score (nSPS) is 14.9. The summed E-state index contributed by atoms with van der Waals surface area (Å²) < 4.78 is 42.8. The lowest BCUT2D eigenvalue weighted by Gasteiger charge is -2.32. The van der Waals surface area contributed by atoms with Gasteiger partial charge in [0.2, 0.25) is 12.3 Å². The third kappa shape index (κ3) is 5.64. The van der Waals surface area contributed by atoms with Gasteiger partial charge in [-0.2, -0.15) is 0 Å². The Kier molecular flexibility index (Phi) is 7.13. The SMILES string of the molecule is COc1cc2c(Oc3cccc(NC=O)c3)ncnc2cc1OC1CCN(CC(F)F)CC1. The van der Waals surface area contributed by atoms with Crippen molar-refractivity contribution in [3.8, 4) is 23.1 Å². The van der Waals surface area contributed by atoms with Gasteiger partial charge in [-0.3, -0.25) is 9.69 Å². The molecule has 0 unspecified atom stereocenters. The number of carbonyl (C=O) groups excluding carboxylic acids is 1. The minimum Gasteiger partial charge on any atom is -0.493 e. The lowest BCUT2D eigenvalue weighted by atomic mass is 10.1. The van der Waals surface area contributed by atoms with E-state index < -0.39 is 6.43 Å². The monoisotopic (exact) mass is 458 g/mol. The van der Waals surface area contributed by atoms with Crippen LogP contribution in [0.5, 0.6) is 23.1 Å². The third-order valence-corrected chi connectivity index (χ3v) is 5.38. The highest BCUT2D eigenvalue weighted by atomic mass is 19.3. The molecule has 1 fully saturated rings. The second-order valence-corrected chi connectivity index (χ2v) is 7.60. The summed E-state index contributed by atoms with van der Waals surface area (Å²) in [5, 5.41) is 3.20. The molecule has 1 aliphatic heterocycles. The summed E-state index contributed by atoms with van der Waals surface area (Å²) in [5.41, 5.74) is 1.20. The van der Waals surface area contributed by atoms with E-state index >= 15 is 0 Å². The number of hydrogen-bond acceptors (Lipinski definition) is 7. The van der Waals surface area contributed by atoms with Crippen LogP contribution in [0.2, 0.25) is 0 Å². The van der Waals surface area contributed by atoms with E-state index in [1.165, 1.54) is 13.4 Å². The Bertz CT molecular complexity index is 1110. The molecule has 2 aromatic carbocycles. The van der Waals surface area contributed by atoms with Crippen LogP contribution in [0.25, 0.3) is 10.9 Å². The predicted octanol–water partition coefficient (Wildman–Crippen LogP) is 4.11. The van der Waals surface area contributed by atoms with E-state index in [2.05, 4.69) is 15.3 Å². The molecule has 1 aromatic heterocycles. The number of fused-ring (bicyclic) bond motifs is 1. The van der Waals surface area contributed by atoms with Gasteiger partial charge in [0, 0.05) is 30.9 Å². The van der Waals surface area contributed by atoms with Crippen LogP contribution in [-0.4, -0.2) is 60.6 Å². The topological polar surface area (TPSA) is 85.8 Å². The van der Waals surface area contributed by atoms with Crippen LogP contribution in [0.4, 0.5) is 14.5 Å². The Morgan fingerprint density at radius 1 is 1.18 bits per heavy atom. The molecule has 1 N–H and O–H groups in total. The van der Waals surface area contributed by atoms with Crippen molar-refractivity contribution in [1.82, 2.24) is 14.9 Å². The van der Waals surface area contributed by atoms with Gasteiger partial charge in [-0.1, -0.05) is 6.07 Å². The molecule has 4 rings (SSSR count). The van der Waals surface area contributed by atoms with Crippen LogP contribution in [-0.2, 0) is 4.79 Å². The fourth-order valence-electron chi connectivity index (χ4n) is 3.79. The Morgan fingerprint density at radius 2 is 2.00 bits per heavy atom. The highest BCUT2D eigenvalue weighted by Crippen LogP contribution is 2.37. The van der Waals surface area contributed by atoms with E-state index in [1.807, 2.05) is 0 Å². The molecule has 0 atom stereocenters. The van der Waals surface area contributed by atoms with Gasteiger partial charge in [-0.25, -0.2) is 18.7 Å². The zero-order valence-corrected chi connectivity index (χ0v) is 18.0. The molecule has 8 nitrogen and oxygen atoms in total. The lowest BCUT2D eigenvalue weighted by Crippen LogP contribution is -2.40. The highest BCUT2D eigenvalue weighted by molar-refractivity contribution is 5.87. The van der Waals surface area contributed by atoms with Gasteiger partial charge in [0.15, 0.2) is 11.5 Å². The standard InChI is InChI=1S/C23H24F2N4O4/c1-31-20-10-18-19(11-21(20)32-16-5-7-29(8-6-16)12-22(24)25)26-13-27-23(18)33-17-4-2-3-15(9-17)28-14-30/h2-4,9-11,13-14,16,22H,5-8,12H2,1H3,(H,28,30). The molecule has 10 heteroatoms. The van der Waals surface area contributed by atoms with Crippen LogP contribution in [0, 0.1) is 0 Å². The number of benzene rings is 2. The van der Waals surface area contributed by atoms with Crippen LogP contribution in [0.1, 0.15) is 12.8 Å². The maximum atomic E-state index is 12.6. The number of carbonyl (C=O) groups is 1. The second kappa shape index (κ2) is 10.4. The van der Waals surface area contributed by atoms with Gasteiger partial charge in [0.25, 0.3) is 6.43 Å². The van der Waals surface area contributed by atoms with E-state index in [-0.39, 0.29) is 12.6 Å². The van der Waals surface area contributed by atoms with E-state index in [0.717, 1.165) is 0 Å². The van der Waals surface area contributed by atoms with Crippen LogP contribution >= 0.6 is 0 Å². The third-order valence-electron chi connectivity index (χ3n) is 5.38. The zero-order chi connectivity index (χ0) is 23.2. The van der Waals surface area contributed by atoms with Gasteiger partial charge in [-0.05, 0) is 31.0 Å². The highest BCUT2D eigenvalue weighted by Gasteiger charge is 2.24. The van der Waals surface area contributed by atoms with Gasteiger partial charge >= 0.3 is 0 Å². The van der Waals surface area contributed by atoms with E-state index in [4.69, 9.17) is 14.2 Å². The largest absolute Gasteiger partial charge is 0.493 e. The molecule has 1 aliphatic rings. The number of likely N-dealkylation sites (tertiary alicyclic amines) is 1. The summed E-state index contributed by atoms with van der Waals surface area (Å²) in [5.74, 6) is 1.85. The number of halogens is 2. The summed E-state index contributed by atoms with van der Waals surface area (Å²) in [6.45, 7) is 0.909. The Labute approximate surface area is 189 Å². The first-order valence-electron chi connectivity index (χ1n) is 10.5. The number of nitrogens with one attached hydrogen (secondary N) is 1. The molecule has 33 heavy (non-hydrogen) atoms. The molecular weight excluding hydrogens is 434 g/mol. The van der Waals surface area contributed by atoms with Crippen LogP contribution in [0.3, 0.4) is 0 Å². The molecule has 3 aromatic rings. The number of methoxy groups -OCH3 is 1. The summed E-state index contributed by atoms with van der Waals surface area (Å²) in [6, 6.07) is 10.4.